The van der Waals surface area contributed by atoms with Gasteiger partial charge in [-0.05, 0) is 96.9 Å². The molecule has 0 unspecified atom stereocenters. The topological polar surface area (TPSA) is 70.2 Å². The van der Waals surface area contributed by atoms with E-state index in [2.05, 4.69) is 58.4 Å². The van der Waals surface area contributed by atoms with E-state index in [1.54, 1.807) is 12.1 Å². The van der Waals surface area contributed by atoms with Gasteiger partial charge in [0.05, 0.1) is 23.3 Å². The Bertz CT molecular complexity index is 1590. The lowest BCUT2D eigenvalue weighted by molar-refractivity contribution is 0.0940. The molecule has 5 nitrogen and oxygen atoms in total. The van der Waals surface area contributed by atoms with Gasteiger partial charge in [0, 0.05) is 11.3 Å². The summed E-state index contributed by atoms with van der Waals surface area (Å²) in [5.74, 6) is 1.97. The molecule has 4 aromatic rings. The maximum Gasteiger partial charge on any atom is 0.255 e. The van der Waals surface area contributed by atoms with Gasteiger partial charge in [0.2, 0.25) is 0 Å². The predicted molar refractivity (Wildman–Crippen MR) is 163 cm³/mol. The van der Waals surface area contributed by atoms with E-state index in [1.165, 1.54) is 30.4 Å². The summed E-state index contributed by atoms with van der Waals surface area (Å²) in [6, 6.07) is 34.1. The van der Waals surface area contributed by atoms with Gasteiger partial charge in [-0.2, -0.15) is 0 Å². The van der Waals surface area contributed by atoms with Crippen LogP contribution in [0.25, 0.3) is 0 Å². The highest BCUT2D eigenvalue weighted by Crippen LogP contribution is 2.63. The van der Waals surface area contributed by atoms with Crippen molar-refractivity contribution in [3.05, 3.63) is 131 Å². The van der Waals surface area contributed by atoms with Crippen molar-refractivity contribution in [1.82, 2.24) is 5.32 Å². The first-order chi connectivity index (χ1) is 20.1. The molecule has 2 bridgehead atoms. The number of carbonyl (C=O) groups is 2. The third-order valence-electron chi connectivity index (χ3n) is 9.58. The van der Waals surface area contributed by atoms with Gasteiger partial charge in [0.1, 0.15) is 0 Å². The summed E-state index contributed by atoms with van der Waals surface area (Å²) in [4.78, 5) is 26.8. The van der Waals surface area contributed by atoms with Crippen molar-refractivity contribution in [2.45, 2.75) is 44.2 Å². The van der Waals surface area contributed by atoms with Crippen LogP contribution in [0.3, 0.4) is 0 Å². The SMILES string of the molecule is C[C@H](NC(=O)c1ccccc1NC(=O)c1ccc2c(c1)[C@@H]1[C@H]3CC[C@@H](C3)[C@H]1[C@H](c1ccccc1)N2)c1ccccc1. The van der Waals surface area contributed by atoms with Crippen LogP contribution in [0, 0.1) is 17.8 Å². The summed E-state index contributed by atoms with van der Waals surface area (Å²) in [5.41, 5.74) is 6.36. The van der Waals surface area contributed by atoms with Crippen LogP contribution in [0.5, 0.6) is 0 Å². The van der Waals surface area contributed by atoms with Crippen LogP contribution >= 0.6 is 0 Å². The zero-order valence-corrected chi connectivity index (χ0v) is 23.2. The number of para-hydroxylation sites is 1. The number of fused-ring (bicyclic) bond motifs is 7. The number of anilines is 2. The summed E-state index contributed by atoms with van der Waals surface area (Å²) in [7, 11) is 0. The molecule has 1 aliphatic heterocycles. The molecule has 41 heavy (non-hydrogen) atoms. The van der Waals surface area contributed by atoms with E-state index in [4.69, 9.17) is 0 Å². The third-order valence-corrected chi connectivity index (χ3v) is 9.58. The highest BCUT2D eigenvalue weighted by molar-refractivity contribution is 6.09. The van der Waals surface area contributed by atoms with E-state index in [-0.39, 0.29) is 17.9 Å². The Morgan fingerprint density at radius 3 is 2.32 bits per heavy atom. The number of rotatable bonds is 6. The number of hydrogen-bond donors (Lipinski definition) is 3. The lowest BCUT2D eigenvalue weighted by Gasteiger charge is -2.43. The molecular weight excluding hydrogens is 506 g/mol. The van der Waals surface area contributed by atoms with Crippen molar-refractivity contribution in [1.29, 1.82) is 0 Å². The average Bonchev–Trinajstić information content (AvgIpc) is 3.65. The maximum atomic E-state index is 13.6. The highest BCUT2D eigenvalue weighted by atomic mass is 16.2. The van der Waals surface area contributed by atoms with Crippen molar-refractivity contribution < 1.29 is 9.59 Å². The van der Waals surface area contributed by atoms with Crippen LogP contribution in [-0.2, 0) is 0 Å². The lowest BCUT2D eigenvalue weighted by Crippen LogP contribution is -2.35. The number of hydrogen-bond acceptors (Lipinski definition) is 3. The van der Waals surface area contributed by atoms with Crippen LogP contribution < -0.4 is 16.0 Å². The summed E-state index contributed by atoms with van der Waals surface area (Å²) in [6.45, 7) is 1.96. The fourth-order valence-electron chi connectivity index (χ4n) is 7.70. The second-order valence-corrected chi connectivity index (χ2v) is 11.9. The minimum Gasteiger partial charge on any atom is -0.378 e. The molecule has 2 amide bonds. The minimum atomic E-state index is -0.219. The van der Waals surface area contributed by atoms with E-state index in [1.807, 2.05) is 55.5 Å². The molecule has 0 radical (unpaired) electrons. The normalized spacial score (nSPS) is 24.5. The van der Waals surface area contributed by atoms with Crippen molar-refractivity contribution >= 4 is 23.2 Å². The maximum absolute atomic E-state index is 13.6. The van der Waals surface area contributed by atoms with Gasteiger partial charge in [0.25, 0.3) is 11.8 Å². The van der Waals surface area contributed by atoms with Gasteiger partial charge < -0.3 is 16.0 Å². The Labute approximate surface area is 241 Å². The molecule has 1 heterocycles. The molecule has 3 N–H and O–H groups in total. The molecule has 3 aliphatic rings. The van der Waals surface area contributed by atoms with E-state index < -0.39 is 0 Å². The number of benzene rings is 4. The summed E-state index contributed by atoms with van der Waals surface area (Å²) < 4.78 is 0. The van der Waals surface area contributed by atoms with Crippen molar-refractivity contribution in [3.8, 4) is 0 Å². The van der Waals surface area contributed by atoms with E-state index >= 15 is 0 Å². The molecule has 2 saturated carbocycles. The van der Waals surface area contributed by atoms with Gasteiger partial charge in [0.15, 0.2) is 0 Å². The fourth-order valence-corrected chi connectivity index (χ4v) is 7.70. The van der Waals surface area contributed by atoms with Crippen LogP contribution in [0.1, 0.15) is 81.6 Å². The molecule has 0 spiro atoms. The van der Waals surface area contributed by atoms with E-state index in [0.717, 1.165) is 17.2 Å². The Hall–Kier alpha value is -4.38. The Kier molecular flexibility index (Phi) is 6.58. The molecule has 0 aromatic heterocycles. The van der Waals surface area contributed by atoms with Gasteiger partial charge in [-0.1, -0.05) is 72.8 Å². The molecule has 206 valence electrons. The molecule has 2 aliphatic carbocycles. The number of carbonyl (C=O) groups excluding carboxylic acids is 2. The number of amides is 2. The molecule has 5 heteroatoms. The monoisotopic (exact) mass is 541 g/mol. The second kappa shape index (κ2) is 10.5. The van der Waals surface area contributed by atoms with Gasteiger partial charge in [-0.25, -0.2) is 0 Å². The highest BCUT2D eigenvalue weighted by Gasteiger charge is 2.53. The van der Waals surface area contributed by atoms with Crippen molar-refractivity contribution in [2.24, 2.45) is 17.8 Å². The van der Waals surface area contributed by atoms with Crippen LogP contribution in [0.2, 0.25) is 0 Å². The summed E-state index contributed by atoms with van der Waals surface area (Å²) in [6.07, 6.45) is 3.85. The van der Waals surface area contributed by atoms with Crippen LogP contribution in [0.4, 0.5) is 11.4 Å². The Morgan fingerprint density at radius 2 is 1.51 bits per heavy atom. The molecule has 0 saturated heterocycles. The molecule has 2 fully saturated rings. The quantitative estimate of drug-likeness (QED) is 0.234. The predicted octanol–water partition coefficient (Wildman–Crippen LogP) is 7.73. The van der Waals surface area contributed by atoms with Crippen molar-refractivity contribution in [2.75, 3.05) is 10.6 Å². The summed E-state index contributed by atoms with van der Waals surface area (Å²) >= 11 is 0. The first-order valence-electron chi connectivity index (χ1n) is 14.8. The van der Waals surface area contributed by atoms with E-state index in [0.29, 0.717) is 40.6 Å². The Morgan fingerprint density at radius 1 is 0.805 bits per heavy atom. The zero-order valence-electron chi connectivity index (χ0n) is 23.2. The largest absolute Gasteiger partial charge is 0.378 e. The minimum absolute atomic E-state index is 0.157. The number of nitrogens with one attached hydrogen (secondary N) is 3. The average molecular weight is 542 g/mol. The van der Waals surface area contributed by atoms with Gasteiger partial charge in [-0.3, -0.25) is 9.59 Å². The smallest absolute Gasteiger partial charge is 0.255 e. The molecule has 7 rings (SSSR count). The molecule has 6 atom stereocenters. The molecular formula is C36H35N3O2. The molecule has 4 aromatic carbocycles. The Balaban J connectivity index is 1.14. The standard InChI is InChI=1S/C36H35N3O2/c1-22(23-10-4-2-5-11-23)37-36(41)28-14-8-9-15-30(28)39-35(40)27-18-19-31-29(21-27)32-25-16-17-26(20-25)33(32)34(38-31)24-12-6-3-7-13-24/h2-15,18-19,21-22,25-26,32-34,38H,16-17,20H2,1H3,(H,37,41)(H,39,40)/t22-,25-,26-,32-,33+,34-/m0/s1. The zero-order chi connectivity index (χ0) is 27.9. The van der Waals surface area contributed by atoms with E-state index in [9.17, 15) is 9.59 Å². The van der Waals surface area contributed by atoms with Gasteiger partial charge >= 0.3 is 0 Å². The fraction of sp³-hybridized carbons (Fsp3) is 0.278. The third kappa shape index (κ3) is 4.69. The lowest BCUT2D eigenvalue weighted by atomic mass is 9.68. The second-order valence-electron chi connectivity index (χ2n) is 11.9. The van der Waals surface area contributed by atoms with Crippen LogP contribution in [-0.4, -0.2) is 11.8 Å². The first kappa shape index (κ1) is 25.6. The van der Waals surface area contributed by atoms with Crippen LogP contribution in [0.15, 0.2) is 103 Å². The van der Waals surface area contributed by atoms with Crippen molar-refractivity contribution in [3.63, 3.8) is 0 Å². The summed E-state index contributed by atoms with van der Waals surface area (Å²) in [5, 5.41) is 9.96. The van der Waals surface area contributed by atoms with Gasteiger partial charge in [-0.15, -0.1) is 0 Å². The first-order valence-corrected chi connectivity index (χ1v) is 14.8.